The highest BCUT2D eigenvalue weighted by molar-refractivity contribution is 7.80. The third-order valence-electron chi connectivity index (χ3n) is 3.75. The Morgan fingerprint density at radius 2 is 1.81 bits per heavy atom. The summed E-state index contributed by atoms with van der Waals surface area (Å²) in [6.07, 6.45) is 2.47. The molecule has 2 aromatic carbocycles. The maximum absolute atomic E-state index is 12.2. The van der Waals surface area contributed by atoms with Crippen molar-refractivity contribution in [3.05, 3.63) is 72.8 Å². The quantitative estimate of drug-likeness (QED) is 0.409. The summed E-state index contributed by atoms with van der Waals surface area (Å²) < 4.78 is 5.75. The van der Waals surface area contributed by atoms with E-state index in [2.05, 4.69) is 11.9 Å². The van der Waals surface area contributed by atoms with E-state index in [0.717, 1.165) is 12.0 Å². The molecule has 0 spiro atoms. The van der Waals surface area contributed by atoms with Crippen LogP contribution in [0, 0.1) is 0 Å². The molecule has 5 heteroatoms. The van der Waals surface area contributed by atoms with Gasteiger partial charge in [0.1, 0.15) is 23.4 Å². The van der Waals surface area contributed by atoms with Gasteiger partial charge in [-0.1, -0.05) is 67.3 Å². The van der Waals surface area contributed by atoms with E-state index in [4.69, 9.17) is 17.0 Å². The molecule has 142 valence electrons. The number of benzene rings is 2. The van der Waals surface area contributed by atoms with Gasteiger partial charge in [0.15, 0.2) is 0 Å². The van der Waals surface area contributed by atoms with Crippen LogP contribution in [-0.4, -0.2) is 23.5 Å². The molecule has 0 aromatic heterocycles. The molecule has 0 radical (unpaired) electrons. The molecule has 1 N–H and O–H groups in total. The highest BCUT2D eigenvalue weighted by Gasteiger charge is 2.29. The van der Waals surface area contributed by atoms with Crippen molar-refractivity contribution < 1.29 is 9.53 Å². The normalized spacial score (nSPS) is 12.0. The molecule has 4 nitrogen and oxygen atoms in total. The summed E-state index contributed by atoms with van der Waals surface area (Å²) in [4.78, 5) is 14.4. The van der Waals surface area contributed by atoms with Crippen LogP contribution < -0.4 is 15.0 Å². The second kappa shape index (κ2) is 9.33. The van der Waals surface area contributed by atoms with Crippen molar-refractivity contribution in [1.82, 2.24) is 5.32 Å². The minimum Gasteiger partial charge on any atom is -0.487 e. The van der Waals surface area contributed by atoms with Crippen LogP contribution in [0.3, 0.4) is 0 Å². The second-order valence-corrected chi connectivity index (χ2v) is 7.57. The van der Waals surface area contributed by atoms with E-state index in [1.807, 2.05) is 75.4 Å². The summed E-state index contributed by atoms with van der Waals surface area (Å²) in [5.41, 5.74) is 1.35. The van der Waals surface area contributed by atoms with Crippen LogP contribution in [0.5, 0.6) is 5.75 Å². The highest BCUT2D eigenvalue weighted by Crippen LogP contribution is 2.34. The molecule has 0 saturated carbocycles. The summed E-state index contributed by atoms with van der Waals surface area (Å²) in [6.45, 7) is 10.1. The minimum absolute atomic E-state index is 0.225. The molecule has 1 atom stereocenters. The third kappa shape index (κ3) is 5.66. The average Bonchev–Trinajstić information content (AvgIpc) is 2.64. The van der Waals surface area contributed by atoms with Crippen molar-refractivity contribution in [1.29, 1.82) is 0 Å². The first-order chi connectivity index (χ1) is 12.9. The predicted molar refractivity (Wildman–Crippen MR) is 115 cm³/mol. The smallest absolute Gasteiger partial charge is 0.215 e. The van der Waals surface area contributed by atoms with E-state index in [9.17, 15) is 4.79 Å². The molecule has 0 aliphatic rings. The molecule has 0 heterocycles. The van der Waals surface area contributed by atoms with Gasteiger partial charge in [0.2, 0.25) is 6.41 Å². The number of ether oxygens (including phenoxy) is 1. The van der Waals surface area contributed by atoms with Crippen LogP contribution in [-0.2, 0) is 4.79 Å². The van der Waals surface area contributed by atoms with Crippen molar-refractivity contribution in [3.8, 4) is 5.75 Å². The number of nitrogens with one attached hydrogen (secondary N) is 1. The number of rotatable bonds is 8. The van der Waals surface area contributed by atoms with Gasteiger partial charge in [-0.2, -0.15) is 0 Å². The lowest BCUT2D eigenvalue weighted by molar-refractivity contribution is -0.107. The van der Waals surface area contributed by atoms with Crippen LogP contribution in [0.2, 0.25) is 0 Å². The standard InChI is InChI=1S/C22H26N2O2S/c1-5-15-26-19-14-10-9-13-18(19)24(16-25)20(17-11-7-6-8-12-17)21(27)23-22(2,3)4/h5-14,16,20H,1,15H2,2-4H3,(H,23,27). The number of nitrogens with zero attached hydrogens (tertiary/aromatic N) is 1. The van der Waals surface area contributed by atoms with Crippen LogP contribution in [0.4, 0.5) is 5.69 Å². The fraction of sp³-hybridized carbons (Fsp3) is 0.273. The first-order valence-electron chi connectivity index (χ1n) is 8.80. The first-order valence-corrected chi connectivity index (χ1v) is 9.21. The van der Waals surface area contributed by atoms with E-state index < -0.39 is 6.04 Å². The molecule has 2 aromatic rings. The van der Waals surface area contributed by atoms with E-state index >= 15 is 0 Å². The molecule has 0 bridgehead atoms. The number of hydrogen-bond donors (Lipinski definition) is 1. The largest absolute Gasteiger partial charge is 0.487 e. The van der Waals surface area contributed by atoms with Crippen LogP contribution in [0.15, 0.2) is 67.3 Å². The number of amides is 1. The minimum atomic E-state index is -0.452. The van der Waals surface area contributed by atoms with Gasteiger partial charge in [-0.25, -0.2) is 0 Å². The van der Waals surface area contributed by atoms with Gasteiger partial charge in [0.05, 0.1) is 5.69 Å². The van der Waals surface area contributed by atoms with E-state index in [0.29, 0.717) is 23.0 Å². The summed E-state index contributed by atoms with van der Waals surface area (Å²) >= 11 is 5.71. The zero-order valence-electron chi connectivity index (χ0n) is 16.0. The SMILES string of the molecule is C=CCOc1ccccc1N(C=O)C(C(=S)NC(C)(C)C)c1ccccc1. The molecule has 1 amide bonds. The van der Waals surface area contributed by atoms with Crippen molar-refractivity contribution in [2.45, 2.75) is 32.4 Å². The molecule has 27 heavy (non-hydrogen) atoms. The van der Waals surface area contributed by atoms with Crippen molar-refractivity contribution in [3.63, 3.8) is 0 Å². The Balaban J connectivity index is 2.51. The molecule has 0 aliphatic heterocycles. The number of carbonyl (C=O) groups excluding carboxylic acids is 1. The number of anilines is 1. The lowest BCUT2D eigenvalue weighted by Gasteiger charge is -2.34. The molecule has 2 rings (SSSR count). The summed E-state index contributed by atoms with van der Waals surface area (Å²) in [5, 5.41) is 3.34. The summed E-state index contributed by atoms with van der Waals surface area (Å²) in [5.74, 6) is 0.601. The number of thiocarbonyl (C=S) groups is 1. The molecule has 0 fully saturated rings. The van der Waals surface area contributed by atoms with E-state index in [1.165, 1.54) is 0 Å². The zero-order chi connectivity index (χ0) is 19.9. The number of hydrogen-bond acceptors (Lipinski definition) is 3. The fourth-order valence-corrected chi connectivity index (χ4v) is 3.27. The Kier molecular flexibility index (Phi) is 7.13. The number of carbonyl (C=O) groups is 1. The first kappa shape index (κ1) is 20.6. The van der Waals surface area contributed by atoms with Gasteiger partial charge in [0, 0.05) is 5.54 Å². The molecular formula is C22H26N2O2S. The zero-order valence-corrected chi connectivity index (χ0v) is 16.8. The Labute approximate surface area is 166 Å². The van der Waals surface area contributed by atoms with Gasteiger partial charge < -0.3 is 10.1 Å². The van der Waals surface area contributed by atoms with Gasteiger partial charge >= 0.3 is 0 Å². The third-order valence-corrected chi connectivity index (χ3v) is 4.08. The maximum Gasteiger partial charge on any atom is 0.215 e. The van der Waals surface area contributed by atoms with E-state index in [-0.39, 0.29) is 5.54 Å². The fourth-order valence-electron chi connectivity index (χ4n) is 2.71. The van der Waals surface area contributed by atoms with E-state index in [1.54, 1.807) is 11.0 Å². The van der Waals surface area contributed by atoms with Crippen molar-refractivity contribution in [2.24, 2.45) is 0 Å². The topological polar surface area (TPSA) is 41.6 Å². The Morgan fingerprint density at radius 1 is 1.19 bits per heavy atom. The summed E-state index contributed by atoms with van der Waals surface area (Å²) in [6, 6.07) is 16.7. The predicted octanol–water partition coefficient (Wildman–Crippen LogP) is 4.67. The van der Waals surface area contributed by atoms with Gasteiger partial charge in [0.25, 0.3) is 0 Å². The molecule has 0 saturated heterocycles. The number of para-hydroxylation sites is 2. The van der Waals surface area contributed by atoms with Crippen LogP contribution >= 0.6 is 12.2 Å². The maximum atomic E-state index is 12.2. The Morgan fingerprint density at radius 3 is 2.41 bits per heavy atom. The Bertz CT molecular complexity index is 784. The monoisotopic (exact) mass is 382 g/mol. The lowest BCUT2D eigenvalue weighted by atomic mass is 10.0. The van der Waals surface area contributed by atoms with Crippen molar-refractivity contribution >= 4 is 29.3 Å². The average molecular weight is 383 g/mol. The van der Waals surface area contributed by atoms with Crippen LogP contribution in [0.25, 0.3) is 0 Å². The summed E-state index contributed by atoms with van der Waals surface area (Å²) in [7, 11) is 0. The molecule has 0 aliphatic carbocycles. The Hall–Kier alpha value is -2.66. The van der Waals surface area contributed by atoms with Crippen LogP contribution in [0.1, 0.15) is 32.4 Å². The van der Waals surface area contributed by atoms with Gasteiger partial charge in [-0.3, -0.25) is 9.69 Å². The van der Waals surface area contributed by atoms with Gasteiger partial charge in [-0.15, -0.1) is 0 Å². The van der Waals surface area contributed by atoms with Crippen molar-refractivity contribution in [2.75, 3.05) is 11.5 Å². The molecular weight excluding hydrogens is 356 g/mol. The molecule has 1 unspecified atom stereocenters. The lowest BCUT2D eigenvalue weighted by Crippen LogP contribution is -2.46. The highest BCUT2D eigenvalue weighted by atomic mass is 32.1. The second-order valence-electron chi connectivity index (χ2n) is 7.13. The van der Waals surface area contributed by atoms with Gasteiger partial charge in [-0.05, 0) is 38.5 Å².